The lowest BCUT2D eigenvalue weighted by atomic mass is 9.95. The van der Waals surface area contributed by atoms with Crippen molar-refractivity contribution in [3.63, 3.8) is 0 Å². The van der Waals surface area contributed by atoms with E-state index >= 15 is 0 Å². The van der Waals surface area contributed by atoms with Gasteiger partial charge in [0.25, 0.3) is 0 Å². The van der Waals surface area contributed by atoms with Gasteiger partial charge in [-0.1, -0.05) is 48.0 Å². The standard InChI is InChI=1S/C31H30ClFN6O5S/c1-44-30(42)25-23(35-27(28-34-9-12-45-28)36-26(25)21-8-7-19(33)14-22(21)32)17-37-10-11-38-20(15-37)16-39(31(38)43)24(29(40)41)13-18-5-3-2-4-6-18/h2-9,12,14,20,24,26H,10-11,13,15-17H2,1H3,(H,35,36)(H,40,41)/t20?,24-,26?/m1/s1. The van der Waals surface area contributed by atoms with Gasteiger partial charge in [0.1, 0.15) is 17.9 Å². The van der Waals surface area contributed by atoms with Crippen LogP contribution in [0.1, 0.15) is 22.2 Å². The zero-order chi connectivity index (χ0) is 31.7. The molecule has 4 heterocycles. The molecule has 45 heavy (non-hydrogen) atoms. The number of esters is 1. The number of methoxy groups -OCH3 is 1. The van der Waals surface area contributed by atoms with Crippen LogP contribution in [-0.4, -0.2) is 101 Å². The Bertz CT molecular complexity index is 1670. The molecule has 0 saturated carbocycles. The minimum Gasteiger partial charge on any atom is -0.480 e. The first-order valence-corrected chi connectivity index (χ1v) is 15.6. The van der Waals surface area contributed by atoms with Crippen LogP contribution in [0.2, 0.25) is 5.02 Å². The van der Waals surface area contributed by atoms with Crippen molar-refractivity contribution in [3.05, 3.63) is 98.4 Å². The number of thiazole rings is 1. The van der Waals surface area contributed by atoms with E-state index < -0.39 is 29.8 Å². The van der Waals surface area contributed by atoms with Crippen molar-refractivity contribution in [1.29, 1.82) is 0 Å². The van der Waals surface area contributed by atoms with Gasteiger partial charge in [-0.05, 0) is 17.7 Å². The molecule has 2 fully saturated rings. The number of halogens is 2. The Morgan fingerprint density at radius 3 is 2.69 bits per heavy atom. The molecular weight excluding hydrogens is 623 g/mol. The van der Waals surface area contributed by atoms with Gasteiger partial charge in [-0.25, -0.2) is 23.8 Å². The van der Waals surface area contributed by atoms with E-state index in [0.717, 1.165) is 5.56 Å². The highest BCUT2D eigenvalue weighted by Gasteiger charge is 2.45. The summed E-state index contributed by atoms with van der Waals surface area (Å²) in [5, 5.41) is 15.9. The number of nitrogens with one attached hydrogen (secondary N) is 1. The maximum Gasteiger partial charge on any atom is 0.338 e. The number of urea groups is 1. The maximum atomic E-state index is 14.0. The molecule has 2 unspecified atom stereocenters. The number of ether oxygens (including phenoxy) is 1. The smallest absolute Gasteiger partial charge is 0.338 e. The summed E-state index contributed by atoms with van der Waals surface area (Å²) in [5.41, 5.74) is 2.02. The molecular formula is C31H30ClFN6O5S. The number of carbonyl (C=O) groups is 3. The van der Waals surface area contributed by atoms with Crippen molar-refractivity contribution in [3.8, 4) is 0 Å². The van der Waals surface area contributed by atoms with Crippen LogP contribution in [0.15, 0.2) is 76.4 Å². The molecule has 3 aromatic rings. The number of rotatable bonds is 9. The summed E-state index contributed by atoms with van der Waals surface area (Å²) >= 11 is 7.83. The number of piperazine rings is 1. The number of aromatic nitrogens is 1. The lowest BCUT2D eigenvalue weighted by molar-refractivity contribution is -0.142. The first-order valence-electron chi connectivity index (χ1n) is 14.3. The van der Waals surface area contributed by atoms with Crippen molar-refractivity contribution in [2.45, 2.75) is 24.5 Å². The average molecular weight is 653 g/mol. The summed E-state index contributed by atoms with van der Waals surface area (Å²) in [6.07, 6.45) is 1.85. The topological polar surface area (TPSA) is 128 Å². The molecule has 2 saturated heterocycles. The number of benzene rings is 2. The lowest BCUT2D eigenvalue weighted by Crippen LogP contribution is -2.53. The van der Waals surface area contributed by atoms with Gasteiger partial charge in [0.2, 0.25) is 0 Å². The first kappa shape index (κ1) is 30.7. The lowest BCUT2D eigenvalue weighted by Gasteiger charge is -2.38. The summed E-state index contributed by atoms with van der Waals surface area (Å²) in [6.45, 7) is 1.85. The van der Waals surface area contributed by atoms with E-state index in [1.807, 2.05) is 35.7 Å². The molecule has 11 nitrogen and oxygen atoms in total. The summed E-state index contributed by atoms with van der Waals surface area (Å²) in [4.78, 5) is 53.4. The number of hydrogen-bond donors (Lipinski definition) is 2. The number of amidine groups is 1. The van der Waals surface area contributed by atoms with E-state index in [-0.39, 0.29) is 42.2 Å². The molecule has 234 valence electrons. The molecule has 3 aliphatic heterocycles. The quantitative estimate of drug-likeness (QED) is 0.336. The van der Waals surface area contributed by atoms with E-state index in [2.05, 4.69) is 15.2 Å². The van der Waals surface area contributed by atoms with Crippen molar-refractivity contribution < 1.29 is 28.6 Å². The Morgan fingerprint density at radius 1 is 1.20 bits per heavy atom. The Hall–Kier alpha value is -4.33. The van der Waals surface area contributed by atoms with Crippen LogP contribution in [0.4, 0.5) is 9.18 Å². The fourth-order valence-corrected chi connectivity index (χ4v) is 6.92. The number of fused-ring (bicyclic) bond motifs is 1. The highest BCUT2D eigenvalue weighted by Crippen LogP contribution is 2.37. The van der Waals surface area contributed by atoms with Crippen molar-refractivity contribution >= 4 is 46.7 Å². The summed E-state index contributed by atoms with van der Waals surface area (Å²) in [6, 6.07) is 10.8. The number of aliphatic imine (C=N–C) groups is 1. The van der Waals surface area contributed by atoms with E-state index in [9.17, 15) is 23.9 Å². The van der Waals surface area contributed by atoms with Crippen LogP contribution in [-0.2, 0) is 20.7 Å². The highest BCUT2D eigenvalue weighted by atomic mass is 35.5. The van der Waals surface area contributed by atoms with Gasteiger partial charge in [0.15, 0.2) is 10.8 Å². The number of hydrogen-bond acceptors (Lipinski definition) is 9. The molecule has 3 aliphatic rings. The molecule has 1 aromatic heterocycles. The predicted molar refractivity (Wildman–Crippen MR) is 166 cm³/mol. The number of nitrogens with zero attached hydrogens (tertiary/aromatic N) is 5. The zero-order valence-corrected chi connectivity index (χ0v) is 25.8. The predicted octanol–water partition coefficient (Wildman–Crippen LogP) is 3.57. The molecule has 3 atom stereocenters. The SMILES string of the molecule is COC(=O)C1=C(CN2CCN3C(=O)N([C@H](Cc4ccccc4)C(=O)O)CC3C2)NC(c2nccs2)=NC1c1ccc(F)cc1Cl. The summed E-state index contributed by atoms with van der Waals surface area (Å²) in [5.74, 6) is -1.75. The first-order chi connectivity index (χ1) is 21.7. The molecule has 14 heteroatoms. The fourth-order valence-electron chi connectivity index (χ4n) is 6.06. The van der Waals surface area contributed by atoms with Crippen molar-refractivity contribution in [2.24, 2.45) is 4.99 Å². The van der Waals surface area contributed by atoms with Crippen molar-refractivity contribution in [1.82, 2.24) is 25.0 Å². The molecule has 2 N–H and O–H groups in total. The number of carbonyl (C=O) groups excluding carboxylic acids is 2. The van der Waals surface area contributed by atoms with Gasteiger partial charge in [-0.15, -0.1) is 11.3 Å². The minimum absolute atomic E-state index is 0.117. The monoisotopic (exact) mass is 652 g/mol. The van der Waals surface area contributed by atoms with Gasteiger partial charge in [-0.3, -0.25) is 9.89 Å². The Labute approximate surface area is 267 Å². The molecule has 2 amide bonds. The van der Waals surface area contributed by atoms with Crippen LogP contribution in [0.5, 0.6) is 0 Å². The van der Waals surface area contributed by atoms with Gasteiger partial charge in [0, 0.05) is 67.0 Å². The Balaban J connectivity index is 1.27. The molecule has 6 rings (SSSR count). The summed E-state index contributed by atoms with van der Waals surface area (Å²) in [7, 11) is 1.28. The Morgan fingerprint density at radius 2 is 2.00 bits per heavy atom. The zero-order valence-electron chi connectivity index (χ0n) is 24.2. The number of carboxylic acid groups (broad SMARTS) is 1. The number of carboxylic acids is 1. The van der Waals surface area contributed by atoms with E-state index in [4.69, 9.17) is 21.3 Å². The minimum atomic E-state index is -1.05. The molecule has 0 spiro atoms. The van der Waals surface area contributed by atoms with Crippen LogP contribution in [0.25, 0.3) is 0 Å². The fraction of sp³-hybridized carbons (Fsp3) is 0.323. The van der Waals surface area contributed by atoms with Gasteiger partial charge < -0.3 is 25.0 Å². The van der Waals surface area contributed by atoms with Gasteiger partial charge >= 0.3 is 18.0 Å². The van der Waals surface area contributed by atoms with Gasteiger partial charge in [0.05, 0.1) is 18.7 Å². The maximum absolute atomic E-state index is 14.0. The van der Waals surface area contributed by atoms with Crippen LogP contribution < -0.4 is 5.32 Å². The van der Waals surface area contributed by atoms with E-state index in [0.29, 0.717) is 41.7 Å². The van der Waals surface area contributed by atoms with Crippen LogP contribution in [0, 0.1) is 5.82 Å². The largest absolute Gasteiger partial charge is 0.480 e. The van der Waals surface area contributed by atoms with Crippen LogP contribution >= 0.6 is 22.9 Å². The third kappa shape index (κ3) is 6.28. The Kier molecular flexibility index (Phi) is 8.83. The number of aliphatic carboxylic acids is 1. The van der Waals surface area contributed by atoms with Crippen molar-refractivity contribution in [2.75, 3.05) is 39.8 Å². The highest BCUT2D eigenvalue weighted by molar-refractivity contribution is 7.11. The normalized spacial score (nSPS) is 20.9. The average Bonchev–Trinajstić information content (AvgIpc) is 3.68. The summed E-state index contributed by atoms with van der Waals surface area (Å²) < 4.78 is 19.1. The van der Waals surface area contributed by atoms with E-state index in [1.165, 1.54) is 41.5 Å². The van der Waals surface area contributed by atoms with Gasteiger partial charge in [-0.2, -0.15) is 0 Å². The van der Waals surface area contributed by atoms with Crippen LogP contribution in [0.3, 0.4) is 0 Å². The molecule has 2 aromatic carbocycles. The molecule has 0 radical (unpaired) electrons. The molecule has 0 aliphatic carbocycles. The third-order valence-corrected chi connectivity index (χ3v) is 9.31. The molecule has 0 bridgehead atoms. The second kappa shape index (κ2) is 13.0. The van der Waals surface area contributed by atoms with E-state index in [1.54, 1.807) is 11.1 Å². The second-order valence-electron chi connectivity index (χ2n) is 11.0. The number of amides is 2. The second-order valence-corrected chi connectivity index (χ2v) is 12.3. The third-order valence-electron chi connectivity index (χ3n) is 8.20.